The maximum Gasteiger partial charge on any atom is 0.323 e. The molecule has 2 rings (SSSR count). The van der Waals surface area contributed by atoms with Crippen LogP contribution in [0.4, 0.5) is 16.2 Å². The Morgan fingerprint density at radius 3 is 2.25 bits per heavy atom. The van der Waals surface area contributed by atoms with Gasteiger partial charge in [0.25, 0.3) is 0 Å². The predicted molar refractivity (Wildman–Crippen MR) is 78.1 cm³/mol. The highest BCUT2D eigenvalue weighted by Gasteiger charge is 2.04. The summed E-state index contributed by atoms with van der Waals surface area (Å²) in [6.45, 7) is 3.40. The van der Waals surface area contributed by atoms with E-state index in [0.717, 1.165) is 5.56 Å². The third-order valence-corrected chi connectivity index (χ3v) is 2.68. The van der Waals surface area contributed by atoms with Crippen LogP contribution in [0.1, 0.15) is 22.8 Å². The second-order valence-corrected chi connectivity index (χ2v) is 4.46. The number of pyridine rings is 1. The SMILES string of the molecule is CC(=O)c1ccc(NC(=O)Nc2cncc(C)c2)cc1. The van der Waals surface area contributed by atoms with E-state index in [4.69, 9.17) is 0 Å². The summed E-state index contributed by atoms with van der Waals surface area (Å²) in [4.78, 5) is 26.9. The van der Waals surface area contributed by atoms with E-state index in [1.54, 1.807) is 36.7 Å². The zero-order chi connectivity index (χ0) is 14.5. The molecule has 0 saturated heterocycles. The molecule has 20 heavy (non-hydrogen) atoms. The third-order valence-electron chi connectivity index (χ3n) is 2.68. The van der Waals surface area contributed by atoms with Crippen molar-refractivity contribution in [1.29, 1.82) is 0 Å². The van der Waals surface area contributed by atoms with Gasteiger partial charge in [-0.25, -0.2) is 4.79 Å². The van der Waals surface area contributed by atoms with Gasteiger partial charge in [-0.05, 0) is 49.7 Å². The molecule has 0 spiro atoms. The third kappa shape index (κ3) is 3.65. The number of benzene rings is 1. The van der Waals surface area contributed by atoms with E-state index in [-0.39, 0.29) is 11.8 Å². The number of hydrogen-bond donors (Lipinski definition) is 2. The van der Waals surface area contributed by atoms with Crippen LogP contribution < -0.4 is 10.6 Å². The number of nitrogens with one attached hydrogen (secondary N) is 2. The molecule has 1 aromatic heterocycles. The fourth-order valence-electron chi connectivity index (χ4n) is 1.71. The number of amides is 2. The molecule has 0 aliphatic rings. The Morgan fingerprint density at radius 1 is 1.00 bits per heavy atom. The number of carbonyl (C=O) groups is 2. The van der Waals surface area contributed by atoms with Gasteiger partial charge in [-0.15, -0.1) is 0 Å². The highest BCUT2D eigenvalue weighted by Crippen LogP contribution is 2.12. The highest BCUT2D eigenvalue weighted by atomic mass is 16.2. The number of ketones is 1. The lowest BCUT2D eigenvalue weighted by Crippen LogP contribution is -2.19. The summed E-state index contributed by atoms with van der Waals surface area (Å²) >= 11 is 0. The molecule has 5 heteroatoms. The van der Waals surface area contributed by atoms with Crippen LogP contribution >= 0.6 is 0 Å². The Bertz CT molecular complexity index is 636. The van der Waals surface area contributed by atoms with Crippen LogP contribution in [0.25, 0.3) is 0 Å². The van der Waals surface area contributed by atoms with Crippen molar-refractivity contribution in [2.45, 2.75) is 13.8 Å². The minimum absolute atomic E-state index is 0.00756. The van der Waals surface area contributed by atoms with E-state index in [2.05, 4.69) is 15.6 Å². The molecular weight excluding hydrogens is 254 g/mol. The molecule has 5 nitrogen and oxygen atoms in total. The van der Waals surface area contributed by atoms with Gasteiger partial charge < -0.3 is 10.6 Å². The Labute approximate surface area is 117 Å². The van der Waals surface area contributed by atoms with Crippen LogP contribution in [0.5, 0.6) is 0 Å². The number of anilines is 2. The molecule has 0 saturated carbocycles. The molecular formula is C15H15N3O2. The van der Waals surface area contributed by atoms with Crippen molar-refractivity contribution < 1.29 is 9.59 Å². The number of rotatable bonds is 3. The van der Waals surface area contributed by atoms with Crippen molar-refractivity contribution in [3.05, 3.63) is 53.9 Å². The fraction of sp³-hybridized carbons (Fsp3) is 0.133. The summed E-state index contributed by atoms with van der Waals surface area (Å²) in [5, 5.41) is 5.38. The second kappa shape index (κ2) is 5.97. The van der Waals surface area contributed by atoms with Gasteiger partial charge in [-0.2, -0.15) is 0 Å². The zero-order valence-corrected chi connectivity index (χ0v) is 11.3. The van der Waals surface area contributed by atoms with Crippen molar-refractivity contribution in [3.63, 3.8) is 0 Å². The molecule has 102 valence electrons. The minimum Gasteiger partial charge on any atom is -0.308 e. The molecule has 0 aliphatic heterocycles. The van der Waals surface area contributed by atoms with Gasteiger partial charge in [-0.3, -0.25) is 9.78 Å². The van der Waals surface area contributed by atoms with Gasteiger partial charge in [0.2, 0.25) is 0 Å². The van der Waals surface area contributed by atoms with Crippen molar-refractivity contribution in [2.24, 2.45) is 0 Å². The largest absolute Gasteiger partial charge is 0.323 e. The number of Topliss-reactive ketones (excluding diaryl/α,β-unsaturated/α-hetero) is 1. The lowest BCUT2D eigenvalue weighted by Gasteiger charge is -2.08. The van der Waals surface area contributed by atoms with Crippen LogP contribution in [0, 0.1) is 6.92 Å². The quantitative estimate of drug-likeness (QED) is 0.840. The Morgan fingerprint density at radius 2 is 1.65 bits per heavy atom. The van der Waals surface area contributed by atoms with Crippen LogP contribution in [0.3, 0.4) is 0 Å². The van der Waals surface area contributed by atoms with Crippen LogP contribution in [-0.4, -0.2) is 16.8 Å². The summed E-state index contributed by atoms with van der Waals surface area (Å²) in [6, 6.07) is 8.19. The predicted octanol–water partition coefficient (Wildman–Crippen LogP) is 3.24. The van der Waals surface area contributed by atoms with E-state index in [9.17, 15) is 9.59 Å². The van der Waals surface area contributed by atoms with E-state index in [1.807, 2.05) is 13.0 Å². The second-order valence-electron chi connectivity index (χ2n) is 4.46. The first-order valence-corrected chi connectivity index (χ1v) is 6.15. The lowest BCUT2D eigenvalue weighted by atomic mass is 10.1. The normalized spacial score (nSPS) is 9.90. The molecule has 0 unspecified atom stereocenters. The first-order valence-electron chi connectivity index (χ1n) is 6.15. The molecule has 0 atom stereocenters. The molecule has 2 N–H and O–H groups in total. The average Bonchev–Trinajstić information content (AvgIpc) is 2.39. The Balaban J connectivity index is 1.99. The summed E-state index contributed by atoms with van der Waals surface area (Å²) in [6.07, 6.45) is 3.29. The standard InChI is InChI=1S/C15H15N3O2/c1-10-7-14(9-16-8-10)18-15(20)17-13-5-3-12(4-6-13)11(2)19/h3-9H,1-2H3,(H2,17,18,20). The van der Waals surface area contributed by atoms with Gasteiger partial charge >= 0.3 is 6.03 Å². The van der Waals surface area contributed by atoms with Gasteiger partial charge in [-0.1, -0.05) is 0 Å². The van der Waals surface area contributed by atoms with Gasteiger partial charge in [0, 0.05) is 17.4 Å². The molecule has 0 radical (unpaired) electrons. The summed E-state index contributed by atoms with van der Waals surface area (Å²) < 4.78 is 0. The minimum atomic E-state index is -0.354. The van der Waals surface area contributed by atoms with Crippen molar-refractivity contribution in [1.82, 2.24) is 4.98 Å². The topological polar surface area (TPSA) is 71.1 Å². The molecule has 0 fully saturated rings. The number of hydrogen-bond acceptors (Lipinski definition) is 3. The fourth-order valence-corrected chi connectivity index (χ4v) is 1.71. The smallest absolute Gasteiger partial charge is 0.308 e. The van der Waals surface area contributed by atoms with Crippen molar-refractivity contribution >= 4 is 23.2 Å². The van der Waals surface area contributed by atoms with Crippen LogP contribution in [-0.2, 0) is 0 Å². The average molecular weight is 269 g/mol. The van der Waals surface area contributed by atoms with E-state index in [1.165, 1.54) is 6.92 Å². The highest BCUT2D eigenvalue weighted by molar-refractivity contribution is 6.00. The first-order chi connectivity index (χ1) is 9.54. The summed E-state index contributed by atoms with van der Waals surface area (Å²) in [7, 11) is 0. The lowest BCUT2D eigenvalue weighted by molar-refractivity contribution is 0.101. The maximum atomic E-state index is 11.8. The molecule has 1 heterocycles. The molecule has 2 amide bonds. The van der Waals surface area contributed by atoms with Crippen LogP contribution in [0.2, 0.25) is 0 Å². The van der Waals surface area contributed by atoms with Crippen molar-refractivity contribution in [2.75, 3.05) is 10.6 Å². The summed E-state index contributed by atoms with van der Waals surface area (Å²) in [5.41, 5.74) is 2.82. The number of nitrogens with zero attached hydrogens (tertiary/aromatic N) is 1. The Hall–Kier alpha value is -2.69. The first kappa shape index (κ1) is 13.7. The van der Waals surface area contributed by atoms with Gasteiger partial charge in [0.05, 0.1) is 11.9 Å². The Kier molecular flexibility index (Phi) is 4.10. The van der Waals surface area contributed by atoms with Gasteiger partial charge in [0.15, 0.2) is 5.78 Å². The van der Waals surface area contributed by atoms with E-state index >= 15 is 0 Å². The number of aromatic nitrogens is 1. The van der Waals surface area contributed by atoms with Gasteiger partial charge in [0.1, 0.15) is 0 Å². The number of aryl methyl sites for hydroxylation is 1. The van der Waals surface area contributed by atoms with Crippen LogP contribution in [0.15, 0.2) is 42.7 Å². The van der Waals surface area contributed by atoms with Crippen molar-refractivity contribution in [3.8, 4) is 0 Å². The van der Waals surface area contributed by atoms with E-state index < -0.39 is 0 Å². The molecule has 0 aliphatic carbocycles. The van der Waals surface area contributed by atoms with E-state index in [0.29, 0.717) is 16.9 Å². The summed E-state index contributed by atoms with van der Waals surface area (Å²) in [5.74, 6) is -0.00756. The molecule has 0 bridgehead atoms. The number of carbonyl (C=O) groups excluding carboxylic acids is 2. The zero-order valence-electron chi connectivity index (χ0n) is 11.3. The monoisotopic (exact) mass is 269 g/mol. The molecule has 1 aromatic carbocycles. The maximum absolute atomic E-state index is 11.8. The number of urea groups is 1. The molecule has 2 aromatic rings.